The number of fused-ring (bicyclic) bond motifs is 1. The highest BCUT2D eigenvalue weighted by Crippen LogP contribution is 2.33. The number of rotatable bonds is 11. The van der Waals surface area contributed by atoms with E-state index < -0.39 is 0 Å². The molecule has 0 aliphatic rings. The SMILES string of the molecule is CCCC(=O)Nc1ccc(SNC(Cc2cccc(C(=N)N)c2)c2nc3ccc(OC)cc3s2)cc1C. The van der Waals surface area contributed by atoms with Gasteiger partial charge in [-0.2, -0.15) is 0 Å². The van der Waals surface area contributed by atoms with E-state index >= 15 is 0 Å². The van der Waals surface area contributed by atoms with E-state index in [1.54, 1.807) is 18.4 Å². The molecule has 1 atom stereocenters. The van der Waals surface area contributed by atoms with Gasteiger partial charge < -0.3 is 15.8 Å². The lowest BCUT2D eigenvalue weighted by molar-refractivity contribution is -0.116. The zero-order valence-corrected chi connectivity index (χ0v) is 22.8. The van der Waals surface area contributed by atoms with Crippen LogP contribution in [-0.2, 0) is 11.2 Å². The van der Waals surface area contributed by atoms with E-state index in [-0.39, 0.29) is 17.8 Å². The Morgan fingerprint density at radius 3 is 2.76 bits per heavy atom. The second-order valence-electron chi connectivity index (χ2n) is 8.75. The molecule has 0 fully saturated rings. The molecule has 0 saturated carbocycles. The topological polar surface area (TPSA) is 113 Å². The summed E-state index contributed by atoms with van der Waals surface area (Å²) in [6, 6.07) is 19.6. The van der Waals surface area contributed by atoms with E-state index in [2.05, 4.69) is 16.1 Å². The standard InChI is InChI=1S/C28H31N5O2S2/c1-4-6-26(34)31-22-12-10-21(13-17(22)2)37-33-24(15-18-7-5-8-19(14-18)27(29)30)28-32-23-11-9-20(35-3)16-25(23)36-28/h5,7-14,16,24,33H,4,6,15H2,1-3H3,(H3,29,30)(H,31,34). The van der Waals surface area contributed by atoms with E-state index in [1.165, 1.54) is 11.9 Å². The highest BCUT2D eigenvalue weighted by Gasteiger charge is 2.19. The summed E-state index contributed by atoms with van der Waals surface area (Å²) in [4.78, 5) is 18.0. The van der Waals surface area contributed by atoms with Gasteiger partial charge in [-0.15, -0.1) is 11.3 Å². The zero-order chi connectivity index (χ0) is 26.4. The summed E-state index contributed by atoms with van der Waals surface area (Å²) in [6.07, 6.45) is 2.01. The molecule has 1 unspecified atom stereocenters. The summed E-state index contributed by atoms with van der Waals surface area (Å²) in [5.74, 6) is 0.885. The molecule has 0 bridgehead atoms. The first kappa shape index (κ1) is 26.7. The van der Waals surface area contributed by atoms with Gasteiger partial charge in [-0.05, 0) is 85.3 Å². The van der Waals surface area contributed by atoms with E-state index in [9.17, 15) is 4.79 Å². The third-order valence-corrected chi connectivity index (χ3v) is 7.88. The maximum atomic E-state index is 12.0. The Bertz CT molecular complexity index is 1420. The van der Waals surface area contributed by atoms with Crippen molar-refractivity contribution in [2.75, 3.05) is 12.4 Å². The zero-order valence-electron chi connectivity index (χ0n) is 21.1. The van der Waals surface area contributed by atoms with Crippen molar-refractivity contribution in [3.63, 3.8) is 0 Å². The molecule has 0 aliphatic heterocycles. The molecule has 1 heterocycles. The molecule has 3 aromatic carbocycles. The second kappa shape index (κ2) is 12.2. The van der Waals surface area contributed by atoms with Crippen LogP contribution in [-0.4, -0.2) is 23.8 Å². The van der Waals surface area contributed by atoms with Crippen molar-refractivity contribution < 1.29 is 9.53 Å². The molecule has 0 saturated heterocycles. The fraction of sp³-hybridized carbons (Fsp3) is 0.250. The molecule has 192 valence electrons. The first-order chi connectivity index (χ1) is 17.9. The Morgan fingerprint density at radius 1 is 1.19 bits per heavy atom. The van der Waals surface area contributed by atoms with E-state index in [0.717, 1.165) is 49.1 Å². The number of benzene rings is 3. The van der Waals surface area contributed by atoms with Gasteiger partial charge in [0.05, 0.1) is 23.4 Å². The Kier molecular flexibility index (Phi) is 8.81. The number of ether oxygens (including phenoxy) is 1. The fourth-order valence-electron chi connectivity index (χ4n) is 3.90. The minimum atomic E-state index is -0.0835. The first-order valence-electron chi connectivity index (χ1n) is 12.1. The number of nitrogens with zero attached hydrogens (tertiary/aromatic N) is 1. The van der Waals surface area contributed by atoms with Crippen LogP contribution in [0, 0.1) is 12.3 Å². The lowest BCUT2D eigenvalue weighted by atomic mass is 10.0. The van der Waals surface area contributed by atoms with Crippen LogP contribution in [0.3, 0.4) is 0 Å². The quantitative estimate of drug-likeness (QED) is 0.103. The minimum Gasteiger partial charge on any atom is -0.497 e. The fourth-order valence-corrected chi connectivity index (χ4v) is 5.87. The smallest absolute Gasteiger partial charge is 0.224 e. The van der Waals surface area contributed by atoms with Crippen molar-refractivity contribution in [2.24, 2.45) is 5.73 Å². The average molecular weight is 534 g/mol. The number of anilines is 1. The molecule has 0 aliphatic carbocycles. The third kappa shape index (κ3) is 6.88. The highest BCUT2D eigenvalue weighted by atomic mass is 32.2. The number of nitrogen functional groups attached to an aromatic ring is 1. The van der Waals surface area contributed by atoms with Gasteiger partial charge in [0.1, 0.15) is 16.6 Å². The van der Waals surface area contributed by atoms with Crippen LogP contribution in [0.1, 0.15) is 47.5 Å². The maximum absolute atomic E-state index is 12.0. The van der Waals surface area contributed by atoms with Crippen LogP contribution < -0.4 is 20.5 Å². The molecule has 7 nitrogen and oxygen atoms in total. The van der Waals surface area contributed by atoms with Crippen molar-refractivity contribution >= 4 is 50.9 Å². The molecule has 9 heteroatoms. The Hall–Kier alpha value is -3.40. The monoisotopic (exact) mass is 533 g/mol. The number of amides is 1. The number of thiazole rings is 1. The van der Waals surface area contributed by atoms with Gasteiger partial charge in [0, 0.05) is 22.6 Å². The molecule has 5 N–H and O–H groups in total. The Balaban J connectivity index is 1.57. The summed E-state index contributed by atoms with van der Waals surface area (Å²) in [5.41, 5.74) is 10.3. The van der Waals surface area contributed by atoms with Crippen LogP contribution in [0.25, 0.3) is 10.2 Å². The minimum absolute atomic E-state index is 0.0319. The van der Waals surface area contributed by atoms with E-state index in [1.807, 2.05) is 68.4 Å². The number of carbonyl (C=O) groups excluding carboxylic acids is 1. The predicted molar refractivity (Wildman–Crippen MR) is 154 cm³/mol. The number of aryl methyl sites for hydroxylation is 1. The van der Waals surface area contributed by atoms with E-state index in [4.69, 9.17) is 20.9 Å². The molecular weight excluding hydrogens is 502 g/mol. The molecule has 1 aromatic heterocycles. The van der Waals surface area contributed by atoms with Crippen molar-refractivity contribution in [1.82, 2.24) is 9.71 Å². The van der Waals surface area contributed by atoms with E-state index in [0.29, 0.717) is 18.4 Å². The third-order valence-electron chi connectivity index (χ3n) is 5.86. The van der Waals surface area contributed by atoms with Crippen molar-refractivity contribution in [3.8, 4) is 5.75 Å². The normalized spacial score (nSPS) is 11.9. The van der Waals surface area contributed by atoms with Gasteiger partial charge in [0.15, 0.2) is 0 Å². The summed E-state index contributed by atoms with van der Waals surface area (Å²) >= 11 is 3.17. The van der Waals surface area contributed by atoms with Gasteiger partial charge in [-0.1, -0.05) is 25.1 Å². The van der Waals surface area contributed by atoms with Gasteiger partial charge in [0.2, 0.25) is 5.91 Å². The number of nitrogens with two attached hydrogens (primary N) is 1. The molecule has 4 aromatic rings. The van der Waals surface area contributed by atoms with Gasteiger partial charge >= 0.3 is 0 Å². The summed E-state index contributed by atoms with van der Waals surface area (Å²) < 4.78 is 10.1. The lowest BCUT2D eigenvalue weighted by Gasteiger charge is -2.17. The van der Waals surface area contributed by atoms with Gasteiger partial charge in [0.25, 0.3) is 0 Å². The number of hydrogen-bond donors (Lipinski definition) is 4. The molecule has 0 radical (unpaired) electrons. The number of aromatic nitrogens is 1. The number of nitrogens with one attached hydrogen (secondary N) is 3. The summed E-state index contributed by atoms with van der Waals surface area (Å²) in [7, 11) is 1.66. The van der Waals surface area contributed by atoms with Crippen molar-refractivity contribution in [1.29, 1.82) is 5.41 Å². The van der Waals surface area contributed by atoms with Crippen LogP contribution in [0.5, 0.6) is 5.75 Å². The Labute approximate surface area is 225 Å². The summed E-state index contributed by atoms with van der Waals surface area (Å²) in [6.45, 7) is 3.99. The Morgan fingerprint density at radius 2 is 2.03 bits per heavy atom. The van der Waals surface area contributed by atoms with Crippen molar-refractivity contribution in [2.45, 2.75) is 44.0 Å². The predicted octanol–water partition coefficient (Wildman–Crippen LogP) is 6.22. The number of hydrogen-bond acceptors (Lipinski definition) is 7. The number of carbonyl (C=O) groups is 1. The molecular formula is C28H31N5O2S2. The van der Waals surface area contributed by atoms with Crippen LogP contribution in [0.2, 0.25) is 0 Å². The van der Waals surface area contributed by atoms with Crippen LogP contribution in [0.15, 0.2) is 65.6 Å². The van der Waals surface area contributed by atoms with Crippen LogP contribution in [0.4, 0.5) is 5.69 Å². The van der Waals surface area contributed by atoms with Crippen LogP contribution >= 0.6 is 23.3 Å². The number of methoxy groups -OCH3 is 1. The molecule has 37 heavy (non-hydrogen) atoms. The molecule has 4 rings (SSSR count). The maximum Gasteiger partial charge on any atom is 0.224 e. The second-order valence-corrected chi connectivity index (χ2v) is 10.7. The molecule has 1 amide bonds. The largest absolute Gasteiger partial charge is 0.497 e. The lowest BCUT2D eigenvalue weighted by Crippen LogP contribution is -2.18. The number of amidine groups is 1. The first-order valence-corrected chi connectivity index (χ1v) is 13.7. The van der Waals surface area contributed by atoms with Gasteiger partial charge in [-0.3, -0.25) is 10.2 Å². The van der Waals surface area contributed by atoms with Gasteiger partial charge in [-0.25, -0.2) is 9.71 Å². The summed E-state index contributed by atoms with van der Waals surface area (Å²) in [5, 5.41) is 11.7. The van der Waals surface area contributed by atoms with Crippen molar-refractivity contribution in [3.05, 3.63) is 82.4 Å². The average Bonchev–Trinajstić information content (AvgIpc) is 3.31. The highest BCUT2D eigenvalue weighted by molar-refractivity contribution is 7.97. The molecule has 0 spiro atoms.